The minimum atomic E-state index is -1.16. The van der Waals surface area contributed by atoms with Crippen molar-refractivity contribution < 1.29 is 14.3 Å². The first-order valence-corrected chi connectivity index (χ1v) is 4.90. The molecule has 0 saturated carbocycles. The smallest absolute Gasteiger partial charge is 0.330 e. The van der Waals surface area contributed by atoms with Gasteiger partial charge in [0.1, 0.15) is 5.82 Å². The van der Waals surface area contributed by atoms with Crippen LogP contribution < -0.4 is 5.32 Å². The van der Waals surface area contributed by atoms with Crippen LogP contribution in [-0.4, -0.2) is 11.1 Å². The van der Waals surface area contributed by atoms with Crippen LogP contribution in [0.3, 0.4) is 0 Å². The molecule has 1 aromatic carbocycles. The van der Waals surface area contributed by atoms with E-state index in [1.54, 1.807) is 0 Å². The lowest BCUT2D eigenvalue weighted by Crippen LogP contribution is -2.25. The molecule has 0 bridgehead atoms. The van der Waals surface area contributed by atoms with Crippen LogP contribution in [0, 0.1) is 5.82 Å². The Kier molecular flexibility index (Phi) is 3.85. The minimum absolute atomic E-state index is 0.0665. The van der Waals surface area contributed by atoms with Crippen molar-refractivity contribution in [1.29, 1.82) is 0 Å². The molecule has 3 nitrogen and oxygen atoms in total. The number of rotatable bonds is 4. The van der Waals surface area contributed by atoms with Gasteiger partial charge in [-0.15, -0.1) is 0 Å². The zero-order chi connectivity index (χ0) is 11.4. The fraction of sp³-hybridized carbons (Fsp3) is 0.100. The van der Waals surface area contributed by atoms with Gasteiger partial charge in [0, 0.05) is 10.0 Å². The van der Waals surface area contributed by atoms with E-state index in [0.29, 0.717) is 4.47 Å². The SMILES string of the molecule is C=CNC(C(=O)O)c1cc(Br)ccc1F. The van der Waals surface area contributed by atoms with Gasteiger partial charge in [0.05, 0.1) is 0 Å². The third-order valence-corrected chi connectivity index (χ3v) is 2.29. The molecule has 2 N–H and O–H groups in total. The van der Waals surface area contributed by atoms with Crippen molar-refractivity contribution in [2.75, 3.05) is 0 Å². The molecule has 0 aliphatic rings. The summed E-state index contributed by atoms with van der Waals surface area (Å²) in [6.07, 6.45) is 1.22. The predicted molar refractivity (Wildman–Crippen MR) is 57.8 cm³/mol. The number of hydrogen-bond donors (Lipinski definition) is 2. The van der Waals surface area contributed by atoms with E-state index in [2.05, 4.69) is 27.8 Å². The molecule has 1 atom stereocenters. The van der Waals surface area contributed by atoms with Crippen molar-refractivity contribution in [2.45, 2.75) is 6.04 Å². The Morgan fingerprint density at radius 2 is 2.33 bits per heavy atom. The molecular weight excluding hydrogens is 265 g/mol. The number of carbonyl (C=O) groups is 1. The highest BCUT2D eigenvalue weighted by Crippen LogP contribution is 2.22. The lowest BCUT2D eigenvalue weighted by atomic mass is 10.1. The Bertz CT molecular complexity index is 395. The van der Waals surface area contributed by atoms with Crippen molar-refractivity contribution in [1.82, 2.24) is 5.32 Å². The maximum absolute atomic E-state index is 13.3. The van der Waals surface area contributed by atoms with Gasteiger partial charge in [-0.2, -0.15) is 0 Å². The third-order valence-electron chi connectivity index (χ3n) is 1.80. The quantitative estimate of drug-likeness (QED) is 0.886. The van der Waals surface area contributed by atoms with Crippen molar-refractivity contribution in [3.63, 3.8) is 0 Å². The zero-order valence-electron chi connectivity index (χ0n) is 7.71. The van der Waals surface area contributed by atoms with Crippen LogP contribution in [0.5, 0.6) is 0 Å². The number of hydrogen-bond acceptors (Lipinski definition) is 2. The molecule has 0 aliphatic carbocycles. The van der Waals surface area contributed by atoms with Gasteiger partial charge in [0.25, 0.3) is 0 Å². The van der Waals surface area contributed by atoms with Gasteiger partial charge in [-0.1, -0.05) is 22.5 Å². The normalized spacial score (nSPS) is 11.9. The molecule has 0 amide bonds. The van der Waals surface area contributed by atoms with Crippen molar-refractivity contribution in [3.05, 3.63) is 46.8 Å². The molecule has 1 unspecified atom stereocenters. The van der Waals surface area contributed by atoms with Crippen LogP contribution in [0.1, 0.15) is 11.6 Å². The van der Waals surface area contributed by atoms with E-state index >= 15 is 0 Å². The molecule has 5 heteroatoms. The van der Waals surface area contributed by atoms with E-state index in [9.17, 15) is 9.18 Å². The summed E-state index contributed by atoms with van der Waals surface area (Å²) < 4.78 is 14.0. The summed E-state index contributed by atoms with van der Waals surface area (Å²) in [5.74, 6) is -1.73. The molecule has 1 rings (SSSR count). The highest BCUT2D eigenvalue weighted by atomic mass is 79.9. The van der Waals surface area contributed by atoms with Gasteiger partial charge in [-0.05, 0) is 24.4 Å². The van der Waals surface area contributed by atoms with Crippen LogP contribution in [0.15, 0.2) is 35.5 Å². The predicted octanol–water partition coefficient (Wildman–Crippen LogP) is 2.45. The first-order chi connectivity index (χ1) is 7.06. The lowest BCUT2D eigenvalue weighted by Gasteiger charge is -2.13. The van der Waals surface area contributed by atoms with Crippen LogP contribution >= 0.6 is 15.9 Å². The topological polar surface area (TPSA) is 49.3 Å². The maximum atomic E-state index is 13.3. The number of carboxylic acid groups (broad SMARTS) is 1. The van der Waals surface area contributed by atoms with Crippen LogP contribution in [0.25, 0.3) is 0 Å². The number of benzene rings is 1. The van der Waals surface area contributed by atoms with E-state index in [4.69, 9.17) is 5.11 Å². The molecule has 0 spiro atoms. The first-order valence-electron chi connectivity index (χ1n) is 4.11. The van der Waals surface area contributed by atoms with E-state index in [-0.39, 0.29) is 5.56 Å². The molecule has 80 valence electrons. The standard InChI is InChI=1S/C10H9BrFNO2/c1-2-13-9(10(14)15)7-5-6(11)3-4-8(7)12/h2-5,9,13H,1H2,(H,14,15). The summed E-state index contributed by atoms with van der Waals surface area (Å²) in [7, 11) is 0. The monoisotopic (exact) mass is 273 g/mol. The van der Waals surface area contributed by atoms with Gasteiger partial charge >= 0.3 is 5.97 Å². The second kappa shape index (κ2) is 4.93. The molecular formula is C10H9BrFNO2. The van der Waals surface area contributed by atoms with Gasteiger partial charge in [-0.25, -0.2) is 9.18 Å². The molecule has 15 heavy (non-hydrogen) atoms. The van der Waals surface area contributed by atoms with Crippen LogP contribution in [0.2, 0.25) is 0 Å². The number of nitrogens with one attached hydrogen (secondary N) is 1. The molecule has 0 aromatic heterocycles. The summed E-state index contributed by atoms with van der Waals surface area (Å²) in [5, 5.41) is 11.4. The first kappa shape index (κ1) is 11.7. The van der Waals surface area contributed by atoms with E-state index in [0.717, 1.165) is 0 Å². The highest BCUT2D eigenvalue weighted by Gasteiger charge is 2.21. The lowest BCUT2D eigenvalue weighted by molar-refractivity contribution is -0.139. The van der Waals surface area contributed by atoms with Gasteiger partial charge in [0.2, 0.25) is 0 Å². The summed E-state index contributed by atoms with van der Waals surface area (Å²) in [6, 6.07) is 3.01. The van der Waals surface area contributed by atoms with Gasteiger partial charge in [0.15, 0.2) is 6.04 Å². The highest BCUT2D eigenvalue weighted by molar-refractivity contribution is 9.10. The third kappa shape index (κ3) is 2.79. The average Bonchev–Trinajstić information content (AvgIpc) is 2.18. The Labute approximate surface area is 94.7 Å². The number of carboxylic acids is 1. The Morgan fingerprint density at radius 3 is 2.87 bits per heavy atom. The average molecular weight is 274 g/mol. The summed E-state index contributed by atoms with van der Waals surface area (Å²) in [5.41, 5.74) is 0.0665. The van der Waals surface area contributed by atoms with Crippen molar-refractivity contribution >= 4 is 21.9 Å². The minimum Gasteiger partial charge on any atom is -0.479 e. The number of halogens is 2. The number of aliphatic carboxylic acids is 1. The fourth-order valence-electron chi connectivity index (χ4n) is 1.15. The second-order valence-electron chi connectivity index (χ2n) is 2.81. The Morgan fingerprint density at radius 1 is 1.67 bits per heavy atom. The van der Waals surface area contributed by atoms with Crippen molar-refractivity contribution in [2.24, 2.45) is 0 Å². The van der Waals surface area contributed by atoms with E-state index in [1.165, 1.54) is 24.4 Å². The fourth-order valence-corrected chi connectivity index (χ4v) is 1.53. The van der Waals surface area contributed by atoms with Crippen LogP contribution in [-0.2, 0) is 4.79 Å². The molecule has 0 aliphatic heterocycles. The second-order valence-corrected chi connectivity index (χ2v) is 3.72. The molecule has 0 saturated heterocycles. The summed E-state index contributed by atoms with van der Waals surface area (Å²) in [6.45, 7) is 3.35. The van der Waals surface area contributed by atoms with Crippen LogP contribution in [0.4, 0.5) is 4.39 Å². The maximum Gasteiger partial charge on any atom is 0.330 e. The largest absolute Gasteiger partial charge is 0.479 e. The Hall–Kier alpha value is -1.36. The van der Waals surface area contributed by atoms with E-state index in [1.807, 2.05) is 0 Å². The molecule has 0 heterocycles. The van der Waals surface area contributed by atoms with Gasteiger partial charge < -0.3 is 10.4 Å². The zero-order valence-corrected chi connectivity index (χ0v) is 9.29. The molecule has 0 radical (unpaired) electrons. The summed E-state index contributed by atoms with van der Waals surface area (Å²) in [4.78, 5) is 10.9. The van der Waals surface area contributed by atoms with Gasteiger partial charge in [-0.3, -0.25) is 0 Å². The molecule has 0 fully saturated rings. The van der Waals surface area contributed by atoms with E-state index < -0.39 is 17.8 Å². The Balaban J connectivity index is 3.15. The molecule has 1 aromatic rings. The van der Waals surface area contributed by atoms with Crippen molar-refractivity contribution in [3.8, 4) is 0 Å². The summed E-state index contributed by atoms with van der Waals surface area (Å²) >= 11 is 3.15.